The molecule has 0 radical (unpaired) electrons. The van der Waals surface area contributed by atoms with Gasteiger partial charge in [0.15, 0.2) is 5.75 Å². The Morgan fingerprint density at radius 3 is 2.25 bits per heavy atom. The zero-order valence-corrected chi connectivity index (χ0v) is 21.2. The average molecular weight is 581 g/mol. The standard InChI is InChI=1S/C23H20Br2NO5P/c1-32-12-14-8-18(24)21(19(25)9-14)31-16-6-7-20(27)17(10-16)22(28)26-11-13-2-4-15(5-3-13)23(29)30/h2-10,27,32H,11-12H2,1H3,(H,26,28)(H,29,30). The van der Waals surface area contributed by atoms with Gasteiger partial charge in [-0.05, 0) is 98.3 Å². The second kappa shape index (κ2) is 10.9. The largest absolute Gasteiger partial charge is 0.507 e. The third-order valence-electron chi connectivity index (χ3n) is 4.53. The summed E-state index contributed by atoms with van der Waals surface area (Å²) in [7, 11) is 0.798. The first-order chi connectivity index (χ1) is 15.3. The molecule has 0 aliphatic rings. The Labute approximate surface area is 204 Å². The van der Waals surface area contributed by atoms with Gasteiger partial charge in [-0.2, -0.15) is 0 Å². The molecule has 1 amide bonds. The average Bonchev–Trinajstić information content (AvgIpc) is 2.76. The van der Waals surface area contributed by atoms with Crippen molar-refractivity contribution in [1.29, 1.82) is 0 Å². The molecule has 0 bridgehead atoms. The molecule has 0 fully saturated rings. The Hall–Kier alpha value is -2.41. The number of hydrogen-bond acceptors (Lipinski definition) is 4. The van der Waals surface area contributed by atoms with Crippen molar-refractivity contribution in [3.63, 3.8) is 0 Å². The Bertz CT molecular complexity index is 1130. The number of benzene rings is 3. The maximum absolute atomic E-state index is 12.6. The van der Waals surface area contributed by atoms with E-state index in [2.05, 4.69) is 43.8 Å². The number of hydrogen-bond donors (Lipinski definition) is 3. The van der Waals surface area contributed by atoms with E-state index in [4.69, 9.17) is 9.84 Å². The van der Waals surface area contributed by atoms with Gasteiger partial charge in [-0.1, -0.05) is 12.1 Å². The Kier molecular flexibility index (Phi) is 8.29. The molecule has 3 aromatic rings. The SMILES string of the molecule is CPCc1cc(Br)c(Oc2ccc(O)c(C(=O)NCc3ccc(C(=O)O)cc3)c2)c(Br)c1. The van der Waals surface area contributed by atoms with Gasteiger partial charge in [0.05, 0.1) is 20.1 Å². The van der Waals surface area contributed by atoms with Crippen LogP contribution in [0.2, 0.25) is 0 Å². The summed E-state index contributed by atoms with van der Waals surface area (Å²) in [5, 5.41) is 21.9. The summed E-state index contributed by atoms with van der Waals surface area (Å²) in [6.45, 7) is 2.32. The van der Waals surface area contributed by atoms with Gasteiger partial charge in [0.2, 0.25) is 0 Å². The molecule has 0 aliphatic heterocycles. The molecule has 0 saturated carbocycles. The number of phenols is 1. The lowest BCUT2D eigenvalue weighted by molar-refractivity contribution is 0.0696. The third kappa shape index (κ3) is 6.09. The number of carboxylic acids is 1. The van der Waals surface area contributed by atoms with E-state index in [1.807, 2.05) is 12.1 Å². The Morgan fingerprint density at radius 1 is 1.00 bits per heavy atom. The first-order valence-electron chi connectivity index (χ1n) is 9.52. The fourth-order valence-corrected chi connectivity index (χ4v) is 4.99. The highest BCUT2D eigenvalue weighted by molar-refractivity contribution is 9.11. The minimum absolute atomic E-state index is 0.0701. The molecule has 3 rings (SSSR count). The lowest BCUT2D eigenvalue weighted by Crippen LogP contribution is -2.23. The van der Waals surface area contributed by atoms with Crippen molar-refractivity contribution in [2.24, 2.45) is 0 Å². The maximum Gasteiger partial charge on any atom is 0.335 e. The second-order valence-electron chi connectivity index (χ2n) is 6.88. The van der Waals surface area contributed by atoms with Crippen LogP contribution in [0, 0.1) is 0 Å². The number of ether oxygens (including phenoxy) is 1. The van der Waals surface area contributed by atoms with Crippen molar-refractivity contribution in [2.45, 2.75) is 12.7 Å². The van der Waals surface area contributed by atoms with Crippen LogP contribution < -0.4 is 10.1 Å². The summed E-state index contributed by atoms with van der Waals surface area (Å²) in [6, 6.07) is 14.6. The van der Waals surface area contributed by atoms with E-state index in [1.54, 1.807) is 18.2 Å². The van der Waals surface area contributed by atoms with Crippen molar-refractivity contribution in [2.75, 3.05) is 6.66 Å². The fourth-order valence-electron chi connectivity index (χ4n) is 2.94. The maximum atomic E-state index is 12.6. The summed E-state index contributed by atoms with van der Waals surface area (Å²) in [4.78, 5) is 23.6. The minimum atomic E-state index is -1.01. The molecule has 6 nitrogen and oxygen atoms in total. The van der Waals surface area contributed by atoms with Gasteiger partial charge in [-0.3, -0.25) is 4.79 Å². The van der Waals surface area contributed by atoms with E-state index in [0.29, 0.717) is 11.5 Å². The monoisotopic (exact) mass is 579 g/mol. The second-order valence-corrected chi connectivity index (χ2v) is 9.65. The third-order valence-corrected chi connectivity index (χ3v) is 6.47. The van der Waals surface area contributed by atoms with Crippen LogP contribution in [0.1, 0.15) is 31.8 Å². The van der Waals surface area contributed by atoms with E-state index >= 15 is 0 Å². The molecule has 3 N–H and O–H groups in total. The lowest BCUT2D eigenvalue weighted by atomic mass is 10.1. The van der Waals surface area contributed by atoms with E-state index in [0.717, 1.165) is 29.3 Å². The number of amides is 1. The Morgan fingerprint density at radius 2 is 1.66 bits per heavy atom. The summed E-state index contributed by atoms with van der Waals surface area (Å²) < 4.78 is 7.54. The molecular weight excluding hydrogens is 561 g/mol. The number of aromatic hydroxyl groups is 1. The molecule has 0 aromatic heterocycles. The van der Waals surface area contributed by atoms with Crippen LogP contribution in [0.5, 0.6) is 17.2 Å². The van der Waals surface area contributed by atoms with Crippen LogP contribution >= 0.6 is 40.4 Å². The number of carbonyl (C=O) groups is 2. The fraction of sp³-hybridized carbons (Fsp3) is 0.130. The number of rotatable bonds is 8. The predicted octanol–water partition coefficient (Wildman–Crippen LogP) is 6.15. The highest BCUT2D eigenvalue weighted by Crippen LogP contribution is 2.39. The van der Waals surface area contributed by atoms with Crippen LogP contribution in [0.3, 0.4) is 0 Å². The van der Waals surface area contributed by atoms with Crippen LogP contribution in [-0.2, 0) is 12.7 Å². The van der Waals surface area contributed by atoms with E-state index in [1.165, 1.54) is 29.8 Å². The molecule has 9 heteroatoms. The van der Waals surface area contributed by atoms with Crippen LogP contribution in [0.4, 0.5) is 0 Å². The molecule has 3 aromatic carbocycles. The van der Waals surface area contributed by atoms with Gasteiger partial charge in [0.25, 0.3) is 5.91 Å². The van der Waals surface area contributed by atoms with Crippen molar-refractivity contribution in [3.8, 4) is 17.2 Å². The molecule has 1 atom stereocenters. The zero-order chi connectivity index (χ0) is 23.3. The van der Waals surface area contributed by atoms with Gasteiger partial charge >= 0.3 is 5.97 Å². The highest BCUT2D eigenvalue weighted by Gasteiger charge is 2.15. The molecule has 0 saturated heterocycles. The molecule has 166 valence electrons. The molecule has 32 heavy (non-hydrogen) atoms. The zero-order valence-electron chi connectivity index (χ0n) is 17.0. The normalized spacial score (nSPS) is 11.0. The number of nitrogens with one attached hydrogen (secondary N) is 1. The molecular formula is C23H20Br2NO5P. The van der Waals surface area contributed by atoms with Crippen molar-refractivity contribution < 1.29 is 24.5 Å². The number of halogens is 2. The Balaban J connectivity index is 1.74. The molecule has 1 unspecified atom stereocenters. The van der Waals surface area contributed by atoms with Crippen LogP contribution in [0.25, 0.3) is 0 Å². The van der Waals surface area contributed by atoms with Crippen LogP contribution in [-0.4, -0.2) is 28.8 Å². The molecule has 0 aliphatic carbocycles. The summed E-state index contributed by atoms with van der Waals surface area (Å²) in [5.74, 6) is -0.698. The molecule has 0 heterocycles. The quantitative estimate of drug-likeness (QED) is 0.278. The van der Waals surface area contributed by atoms with Gasteiger partial charge in [-0.25, -0.2) is 4.79 Å². The van der Waals surface area contributed by atoms with E-state index < -0.39 is 11.9 Å². The number of carbonyl (C=O) groups excluding carboxylic acids is 1. The summed E-state index contributed by atoms with van der Waals surface area (Å²) in [6.07, 6.45) is 0.972. The van der Waals surface area contributed by atoms with Crippen molar-refractivity contribution in [3.05, 3.63) is 85.8 Å². The van der Waals surface area contributed by atoms with Crippen molar-refractivity contribution in [1.82, 2.24) is 5.32 Å². The summed E-state index contributed by atoms with van der Waals surface area (Å²) in [5.41, 5.74) is 2.15. The van der Waals surface area contributed by atoms with E-state index in [-0.39, 0.29) is 23.4 Å². The smallest absolute Gasteiger partial charge is 0.335 e. The van der Waals surface area contributed by atoms with Gasteiger partial charge in [-0.15, -0.1) is 8.58 Å². The lowest BCUT2D eigenvalue weighted by Gasteiger charge is -2.13. The number of aromatic carboxylic acids is 1. The van der Waals surface area contributed by atoms with Gasteiger partial charge in [0.1, 0.15) is 11.5 Å². The predicted molar refractivity (Wildman–Crippen MR) is 133 cm³/mol. The number of carboxylic acid groups (broad SMARTS) is 1. The molecule has 0 spiro atoms. The first-order valence-corrected chi connectivity index (χ1v) is 12.8. The summed E-state index contributed by atoms with van der Waals surface area (Å²) >= 11 is 7.07. The van der Waals surface area contributed by atoms with Crippen LogP contribution in [0.15, 0.2) is 63.5 Å². The highest BCUT2D eigenvalue weighted by atomic mass is 79.9. The topological polar surface area (TPSA) is 95.9 Å². The first kappa shape index (κ1) is 24.2. The van der Waals surface area contributed by atoms with Crippen molar-refractivity contribution >= 4 is 52.3 Å². The van der Waals surface area contributed by atoms with Gasteiger partial charge in [0, 0.05) is 6.54 Å². The van der Waals surface area contributed by atoms with Gasteiger partial charge < -0.3 is 20.3 Å². The van der Waals surface area contributed by atoms with E-state index in [9.17, 15) is 14.7 Å². The minimum Gasteiger partial charge on any atom is -0.507 e. The number of phenolic OH excluding ortho intramolecular Hbond substituents is 1.